The smallest absolute Gasteiger partial charge is 0.411 e. The molecule has 2 heterocycles. The molecule has 1 amide bonds. The Balaban J connectivity index is 0.000000461. The molecule has 2 aromatic carbocycles. The van der Waals surface area contributed by atoms with E-state index in [-0.39, 0.29) is 18.1 Å². The average Bonchev–Trinajstić information content (AvgIpc) is 3.12. The number of aliphatic hydroxyl groups excluding tert-OH is 1. The first-order chi connectivity index (χ1) is 23.4. The summed E-state index contributed by atoms with van der Waals surface area (Å²) in [5.41, 5.74) is 1.93. The number of likely N-dealkylation sites (tertiary alicyclic amines) is 1. The predicted octanol–water partition coefficient (Wildman–Crippen LogP) is 4.94. The standard InChI is InChI=1S/C20H30N2O4.C15H22N2O2.CH3Cl.CH4O/c1-20(2,3)26-19(24)22-12-11-16(13-17(22)18(23)25-5)21(4)14-15-9-7-6-8-10-15;1-17(11-12-6-4-3-5-7-12)13-8-9-16-14(10-13)15(18)19-2;2*1-2/h6-10,16-17H,11-14H2,1-5H3;3-7,13-14,16H,8-11H2,1-2H3;1H3;2H,1H3/t16-,17+;13-,14+;;/m11../s1. The molecule has 49 heavy (non-hydrogen) atoms. The molecular formula is C37H59ClN4O7. The normalized spacial score (nSPS) is 20.3. The summed E-state index contributed by atoms with van der Waals surface area (Å²) >= 11 is 4.64. The molecule has 11 nitrogen and oxygen atoms in total. The van der Waals surface area contributed by atoms with Crippen molar-refractivity contribution in [2.45, 2.75) is 89.3 Å². The SMILES string of the molecule is CCl.CO.COC(=O)[C@@H]1C[C@H](N(C)Cc2ccccc2)CCN1.COC(=O)[C@@H]1C[C@H](N(C)Cc2ccccc2)CCN1C(=O)OC(C)(C)C. The third-order valence-electron chi connectivity index (χ3n) is 8.33. The summed E-state index contributed by atoms with van der Waals surface area (Å²) < 4.78 is 15.2. The second-order valence-electron chi connectivity index (χ2n) is 12.9. The van der Waals surface area contributed by atoms with E-state index in [1.165, 1.54) is 36.6 Å². The molecule has 2 aliphatic heterocycles. The predicted molar refractivity (Wildman–Crippen MR) is 194 cm³/mol. The number of halogens is 1. The maximum absolute atomic E-state index is 12.5. The zero-order valence-corrected chi connectivity index (χ0v) is 31.6. The lowest BCUT2D eigenvalue weighted by Gasteiger charge is -2.41. The Bertz CT molecular complexity index is 1220. The number of ether oxygens (including phenoxy) is 3. The van der Waals surface area contributed by atoms with E-state index in [1.807, 2.05) is 45.0 Å². The van der Waals surface area contributed by atoms with Crippen LogP contribution in [0.15, 0.2) is 60.7 Å². The number of carbonyl (C=O) groups is 3. The van der Waals surface area contributed by atoms with Gasteiger partial charge in [-0.2, -0.15) is 0 Å². The number of nitrogens with one attached hydrogen (secondary N) is 1. The number of nitrogens with zero attached hydrogens (tertiary/aromatic N) is 3. The molecule has 4 atom stereocenters. The molecule has 0 unspecified atom stereocenters. The lowest BCUT2D eigenvalue weighted by molar-refractivity contribution is -0.149. The Kier molecular flexibility index (Phi) is 20.8. The summed E-state index contributed by atoms with van der Waals surface area (Å²) in [6.45, 7) is 8.50. The maximum Gasteiger partial charge on any atom is 0.411 e. The summed E-state index contributed by atoms with van der Waals surface area (Å²) in [5.74, 6) is -0.550. The maximum atomic E-state index is 12.5. The third-order valence-corrected chi connectivity index (χ3v) is 8.33. The van der Waals surface area contributed by atoms with Gasteiger partial charge in [0.05, 0.1) is 14.2 Å². The highest BCUT2D eigenvalue weighted by Crippen LogP contribution is 2.25. The monoisotopic (exact) mass is 706 g/mol. The van der Waals surface area contributed by atoms with Crippen LogP contribution in [0.3, 0.4) is 0 Å². The van der Waals surface area contributed by atoms with Crippen LogP contribution >= 0.6 is 11.6 Å². The number of hydrogen-bond acceptors (Lipinski definition) is 10. The molecular weight excluding hydrogens is 648 g/mol. The van der Waals surface area contributed by atoms with E-state index in [1.54, 1.807) is 0 Å². The van der Waals surface area contributed by atoms with Crippen molar-refractivity contribution in [1.29, 1.82) is 0 Å². The summed E-state index contributed by atoms with van der Waals surface area (Å²) in [7, 11) is 7.97. The van der Waals surface area contributed by atoms with Crippen LogP contribution < -0.4 is 5.32 Å². The van der Waals surface area contributed by atoms with Crippen molar-refractivity contribution in [2.75, 3.05) is 54.9 Å². The van der Waals surface area contributed by atoms with Crippen molar-refractivity contribution in [1.82, 2.24) is 20.0 Å². The molecule has 0 saturated carbocycles. The van der Waals surface area contributed by atoms with Crippen molar-refractivity contribution in [3.8, 4) is 0 Å². The van der Waals surface area contributed by atoms with Gasteiger partial charge in [0.2, 0.25) is 0 Å². The first-order valence-electron chi connectivity index (χ1n) is 16.6. The van der Waals surface area contributed by atoms with Gasteiger partial charge in [-0.25, -0.2) is 9.59 Å². The van der Waals surface area contributed by atoms with E-state index in [0.717, 1.165) is 46.0 Å². The fourth-order valence-electron chi connectivity index (χ4n) is 5.87. The van der Waals surface area contributed by atoms with Crippen molar-refractivity contribution < 1.29 is 33.7 Å². The number of esters is 2. The number of benzene rings is 2. The van der Waals surface area contributed by atoms with Crippen LogP contribution in [0.4, 0.5) is 4.79 Å². The molecule has 2 N–H and O–H groups in total. The molecule has 0 radical (unpaired) electrons. The number of aliphatic hydroxyl groups is 1. The van der Waals surface area contributed by atoms with E-state index >= 15 is 0 Å². The fraction of sp³-hybridized carbons (Fsp3) is 0.595. The van der Waals surface area contributed by atoms with E-state index in [2.05, 4.69) is 77.2 Å². The van der Waals surface area contributed by atoms with E-state index in [9.17, 15) is 14.4 Å². The minimum atomic E-state index is -0.619. The van der Waals surface area contributed by atoms with Crippen LogP contribution in [0.5, 0.6) is 0 Å². The lowest BCUT2D eigenvalue weighted by Crippen LogP contribution is -2.55. The molecule has 2 aromatic rings. The number of methoxy groups -OCH3 is 2. The topological polar surface area (TPSA) is 121 Å². The molecule has 2 fully saturated rings. The van der Waals surface area contributed by atoms with E-state index in [4.69, 9.17) is 19.3 Å². The summed E-state index contributed by atoms with van der Waals surface area (Å²) in [4.78, 5) is 42.4. The molecule has 276 valence electrons. The van der Waals surface area contributed by atoms with Gasteiger partial charge in [-0.3, -0.25) is 19.5 Å². The van der Waals surface area contributed by atoms with Gasteiger partial charge in [0.25, 0.3) is 0 Å². The molecule has 2 saturated heterocycles. The van der Waals surface area contributed by atoms with Gasteiger partial charge in [0, 0.05) is 45.2 Å². The number of rotatable bonds is 8. The van der Waals surface area contributed by atoms with Crippen molar-refractivity contribution in [3.63, 3.8) is 0 Å². The Morgan fingerprint density at radius 2 is 1.29 bits per heavy atom. The number of carbonyl (C=O) groups excluding carboxylic acids is 3. The molecule has 0 aromatic heterocycles. The second kappa shape index (κ2) is 23.2. The zero-order valence-electron chi connectivity index (χ0n) is 30.9. The number of alkyl halides is 1. The molecule has 4 rings (SSSR count). The average molecular weight is 707 g/mol. The first kappa shape index (κ1) is 43.8. The Hall–Kier alpha value is -3.22. The summed E-state index contributed by atoms with van der Waals surface area (Å²) in [6.07, 6.45) is 4.22. The number of piperidine rings is 2. The van der Waals surface area contributed by atoms with Crippen LogP contribution in [0, 0.1) is 0 Å². The van der Waals surface area contributed by atoms with Crippen LogP contribution in [-0.2, 0) is 36.9 Å². The van der Waals surface area contributed by atoms with Crippen LogP contribution in [0.1, 0.15) is 57.6 Å². The van der Waals surface area contributed by atoms with Crippen LogP contribution in [0.2, 0.25) is 0 Å². The number of hydrogen-bond donors (Lipinski definition) is 2. The zero-order chi connectivity index (χ0) is 37.0. The van der Waals surface area contributed by atoms with Gasteiger partial charge in [-0.15, -0.1) is 11.6 Å². The van der Waals surface area contributed by atoms with Crippen molar-refractivity contribution >= 4 is 29.6 Å². The van der Waals surface area contributed by atoms with Crippen LogP contribution in [-0.4, -0.2) is 123 Å². The first-order valence-corrected chi connectivity index (χ1v) is 17.4. The van der Waals surface area contributed by atoms with Crippen molar-refractivity contribution in [3.05, 3.63) is 71.8 Å². The molecule has 0 aliphatic carbocycles. The van der Waals surface area contributed by atoms with Gasteiger partial charge in [0.1, 0.15) is 17.7 Å². The highest BCUT2D eigenvalue weighted by atomic mass is 35.5. The Morgan fingerprint density at radius 1 is 0.816 bits per heavy atom. The van der Waals surface area contributed by atoms with Gasteiger partial charge >= 0.3 is 18.0 Å². The Morgan fingerprint density at radius 3 is 1.73 bits per heavy atom. The molecule has 0 bridgehead atoms. The largest absolute Gasteiger partial charge is 0.468 e. The van der Waals surface area contributed by atoms with Gasteiger partial charge in [-0.1, -0.05) is 60.7 Å². The molecule has 12 heteroatoms. The Labute approximate surface area is 298 Å². The van der Waals surface area contributed by atoms with Gasteiger partial charge in [0.15, 0.2) is 0 Å². The summed E-state index contributed by atoms with van der Waals surface area (Å²) in [6, 6.07) is 20.5. The minimum absolute atomic E-state index is 0.155. The minimum Gasteiger partial charge on any atom is -0.468 e. The fourth-order valence-corrected chi connectivity index (χ4v) is 5.87. The molecule has 2 aliphatic rings. The van der Waals surface area contributed by atoms with Crippen LogP contribution in [0.25, 0.3) is 0 Å². The summed E-state index contributed by atoms with van der Waals surface area (Å²) in [5, 5.41) is 10.2. The quantitative estimate of drug-likeness (QED) is 0.222. The lowest BCUT2D eigenvalue weighted by atomic mass is 9.96. The number of amides is 1. The van der Waals surface area contributed by atoms with E-state index in [0.29, 0.717) is 19.0 Å². The highest BCUT2D eigenvalue weighted by Gasteiger charge is 2.40. The van der Waals surface area contributed by atoms with Gasteiger partial charge < -0.3 is 24.6 Å². The molecule has 0 spiro atoms. The van der Waals surface area contributed by atoms with E-state index < -0.39 is 23.7 Å². The highest BCUT2D eigenvalue weighted by molar-refractivity contribution is 6.15. The van der Waals surface area contributed by atoms with Gasteiger partial charge in [-0.05, 0) is 78.2 Å². The van der Waals surface area contributed by atoms with Crippen molar-refractivity contribution in [2.24, 2.45) is 0 Å². The second-order valence-corrected chi connectivity index (χ2v) is 12.9. The third kappa shape index (κ3) is 15.5.